The molecule has 0 atom stereocenters. The number of likely N-dealkylation sites (tertiary alicyclic amines) is 1. The second kappa shape index (κ2) is 9.96. The number of carbonyl (C=O) groups is 1. The van der Waals surface area contributed by atoms with Crippen molar-refractivity contribution in [3.63, 3.8) is 0 Å². The number of aryl methyl sites for hydroxylation is 1. The molecular formula is C27H29FN2O2. The van der Waals surface area contributed by atoms with Crippen LogP contribution >= 0.6 is 0 Å². The normalized spacial score (nSPS) is 14.8. The number of anilines is 1. The minimum absolute atomic E-state index is 0.0596. The van der Waals surface area contributed by atoms with Gasteiger partial charge in [-0.15, -0.1) is 0 Å². The Hall–Kier alpha value is -3.18. The van der Waals surface area contributed by atoms with Gasteiger partial charge in [-0.05, 0) is 73.9 Å². The molecule has 0 saturated carbocycles. The third-order valence-corrected chi connectivity index (χ3v) is 6.11. The quantitative estimate of drug-likeness (QED) is 0.519. The summed E-state index contributed by atoms with van der Waals surface area (Å²) in [5.74, 6) is 0.328. The first-order valence-electron chi connectivity index (χ1n) is 11.0. The molecule has 1 heterocycles. The van der Waals surface area contributed by atoms with E-state index in [1.807, 2.05) is 4.90 Å². The van der Waals surface area contributed by atoms with Crippen LogP contribution in [0.3, 0.4) is 0 Å². The topological polar surface area (TPSA) is 32.8 Å². The molecule has 4 nitrogen and oxygen atoms in total. The van der Waals surface area contributed by atoms with Gasteiger partial charge in [0.1, 0.15) is 11.6 Å². The van der Waals surface area contributed by atoms with Crippen LogP contribution in [0, 0.1) is 12.7 Å². The Morgan fingerprint density at radius 2 is 1.59 bits per heavy atom. The van der Waals surface area contributed by atoms with E-state index in [1.165, 1.54) is 23.3 Å². The van der Waals surface area contributed by atoms with Crippen molar-refractivity contribution >= 4 is 11.6 Å². The molecule has 3 aromatic rings. The van der Waals surface area contributed by atoms with Crippen molar-refractivity contribution in [1.82, 2.24) is 4.90 Å². The number of hydrogen-bond acceptors (Lipinski definition) is 3. The third kappa shape index (κ3) is 5.17. The number of rotatable bonds is 6. The lowest BCUT2D eigenvalue weighted by Gasteiger charge is -2.38. The second-order valence-electron chi connectivity index (χ2n) is 8.37. The Morgan fingerprint density at radius 3 is 2.19 bits per heavy atom. The summed E-state index contributed by atoms with van der Waals surface area (Å²) in [6, 6.07) is 22.1. The summed E-state index contributed by atoms with van der Waals surface area (Å²) in [5, 5.41) is 0. The fourth-order valence-corrected chi connectivity index (χ4v) is 4.26. The minimum atomic E-state index is -0.307. The fraction of sp³-hybridized carbons (Fsp3) is 0.296. The summed E-state index contributed by atoms with van der Waals surface area (Å²) in [5.41, 5.74) is 3.89. The zero-order chi connectivity index (χ0) is 22.5. The Balaban J connectivity index is 1.50. The van der Waals surface area contributed by atoms with E-state index in [4.69, 9.17) is 4.74 Å². The molecule has 1 fully saturated rings. The maximum absolute atomic E-state index is 13.6. The molecule has 1 saturated heterocycles. The number of ether oxygens (including phenoxy) is 1. The van der Waals surface area contributed by atoms with Crippen molar-refractivity contribution in [3.05, 3.63) is 95.3 Å². The molecule has 0 unspecified atom stereocenters. The molecule has 3 aromatic carbocycles. The molecule has 0 aliphatic carbocycles. The Kier molecular flexibility index (Phi) is 6.86. The summed E-state index contributed by atoms with van der Waals surface area (Å²) in [4.78, 5) is 17.8. The van der Waals surface area contributed by atoms with Crippen LogP contribution in [-0.4, -0.2) is 37.0 Å². The van der Waals surface area contributed by atoms with Gasteiger partial charge in [-0.25, -0.2) is 4.39 Å². The molecule has 1 aliphatic rings. The molecule has 166 valence electrons. The molecule has 1 aliphatic heterocycles. The van der Waals surface area contributed by atoms with Crippen molar-refractivity contribution < 1.29 is 13.9 Å². The van der Waals surface area contributed by atoms with Crippen LogP contribution in [-0.2, 0) is 6.54 Å². The molecule has 0 N–H and O–H groups in total. The number of carbonyl (C=O) groups excluding carboxylic acids is 1. The smallest absolute Gasteiger partial charge is 0.258 e. The van der Waals surface area contributed by atoms with Crippen LogP contribution in [0.1, 0.15) is 34.3 Å². The Morgan fingerprint density at radius 1 is 0.969 bits per heavy atom. The highest BCUT2D eigenvalue weighted by molar-refractivity contribution is 6.06. The van der Waals surface area contributed by atoms with E-state index in [2.05, 4.69) is 36.1 Å². The van der Waals surface area contributed by atoms with Gasteiger partial charge in [-0.2, -0.15) is 0 Å². The molecular weight excluding hydrogens is 403 g/mol. The van der Waals surface area contributed by atoms with Gasteiger partial charge in [-0.1, -0.05) is 29.8 Å². The van der Waals surface area contributed by atoms with Gasteiger partial charge in [0.05, 0.1) is 7.11 Å². The predicted molar refractivity (Wildman–Crippen MR) is 126 cm³/mol. The number of amides is 1. The van der Waals surface area contributed by atoms with Crippen molar-refractivity contribution in [3.8, 4) is 5.75 Å². The fourth-order valence-electron chi connectivity index (χ4n) is 4.26. The maximum atomic E-state index is 13.6. The number of halogens is 1. The molecule has 0 aromatic heterocycles. The lowest BCUT2D eigenvalue weighted by molar-refractivity contribution is 0.0958. The van der Waals surface area contributed by atoms with E-state index < -0.39 is 0 Å². The lowest BCUT2D eigenvalue weighted by Crippen LogP contribution is -2.47. The van der Waals surface area contributed by atoms with Gasteiger partial charge in [0, 0.05) is 36.9 Å². The largest absolute Gasteiger partial charge is 0.497 e. The number of methoxy groups -OCH3 is 1. The molecule has 0 bridgehead atoms. The summed E-state index contributed by atoms with van der Waals surface area (Å²) in [7, 11) is 1.60. The maximum Gasteiger partial charge on any atom is 0.258 e. The van der Waals surface area contributed by atoms with Gasteiger partial charge in [0.15, 0.2) is 0 Å². The minimum Gasteiger partial charge on any atom is -0.497 e. The average molecular weight is 433 g/mol. The number of nitrogens with zero attached hydrogens (tertiary/aromatic N) is 2. The Bertz CT molecular complexity index is 1020. The predicted octanol–water partition coefficient (Wildman–Crippen LogP) is 5.45. The van der Waals surface area contributed by atoms with E-state index in [9.17, 15) is 9.18 Å². The first-order chi connectivity index (χ1) is 15.5. The van der Waals surface area contributed by atoms with E-state index in [1.54, 1.807) is 43.5 Å². The average Bonchev–Trinajstić information content (AvgIpc) is 2.83. The first-order valence-corrected chi connectivity index (χ1v) is 11.0. The first kappa shape index (κ1) is 22.0. The van der Waals surface area contributed by atoms with Crippen LogP contribution in [0.2, 0.25) is 0 Å². The molecule has 4 rings (SSSR count). The highest BCUT2D eigenvalue weighted by atomic mass is 19.1. The van der Waals surface area contributed by atoms with Crippen LogP contribution < -0.4 is 9.64 Å². The van der Waals surface area contributed by atoms with Crippen molar-refractivity contribution in [2.45, 2.75) is 32.4 Å². The summed E-state index contributed by atoms with van der Waals surface area (Å²) in [6.45, 7) is 4.83. The summed E-state index contributed by atoms with van der Waals surface area (Å²) >= 11 is 0. The van der Waals surface area contributed by atoms with Gasteiger partial charge in [0.25, 0.3) is 5.91 Å². The van der Waals surface area contributed by atoms with E-state index in [-0.39, 0.29) is 17.8 Å². The molecule has 0 radical (unpaired) electrons. The van der Waals surface area contributed by atoms with Gasteiger partial charge in [0.2, 0.25) is 0 Å². The molecule has 0 spiro atoms. The monoisotopic (exact) mass is 432 g/mol. The molecule has 5 heteroatoms. The number of benzene rings is 3. The van der Waals surface area contributed by atoms with Crippen LogP contribution in [0.4, 0.5) is 10.1 Å². The van der Waals surface area contributed by atoms with E-state index in [0.29, 0.717) is 11.3 Å². The SMILES string of the molecule is COc1ccc(C(=O)N(c2ccc(F)cc2)C2CCN(Cc3ccc(C)cc3)CC2)cc1. The van der Waals surface area contributed by atoms with Crippen LogP contribution in [0.5, 0.6) is 5.75 Å². The summed E-state index contributed by atoms with van der Waals surface area (Å²) in [6.07, 6.45) is 1.73. The second-order valence-corrected chi connectivity index (χ2v) is 8.37. The number of piperidine rings is 1. The highest BCUT2D eigenvalue weighted by Crippen LogP contribution is 2.27. The van der Waals surface area contributed by atoms with Crippen LogP contribution in [0.25, 0.3) is 0 Å². The van der Waals surface area contributed by atoms with Crippen LogP contribution in [0.15, 0.2) is 72.8 Å². The summed E-state index contributed by atoms with van der Waals surface area (Å²) < 4.78 is 18.8. The van der Waals surface area contributed by atoms with Gasteiger partial charge in [-0.3, -0.25) is 9.69 Å². The highest BCUT2D eigenvalue weighted by Gasteiger charge is 2.30. The molecule has 1 amide bonds. The van der Waals surface area contributed by atoms with Crippen molar-refractivity contribution in [1.29, 1.82) is 0 Å². The third-order valence-electron chi connectivity index (χ3n) is 6.11. The van der Waals surface area contributed by atoms with Gasteiger partial charge >= 0.3 is 0 Å². The van der Waals surface area contributed by atoms with Gasteiger partial charge < -0.3 is 9.64 Å². The lowest BCUT2D eigenvalue weighted by atomic mass is 10.00. The molecule has 32 heavy (non-hydrogen) atoms. The van der Waals surface area contributed by atoms with E-state index >= 15 is 0 Å². The van der Waals surface area contributed by atoms with Crippen molar-refractivity contribution in [2.75, 3.05) is 25.1 Å². The zero-order valence-corrected chi connectivity index (χ0v) is 18.6. The number of hydrogen-bond donors (Lipinski definition) is 0. The Labute approximate surface area is 189 Å². The van der Waals surface area contributed by atoms with Crippen molar-refractivity contribution in [2.24, 2.45) is 0 Å². The standard InChI is InChI=1S/C27H29FN2O2/c1-20-3-5-21(6-4-20)19-29-17-15-25(16-18-29)30(24-11-9-23(28)10-12-24)27(31)22-7-13-26(32-2)14-8-22/h3-14,25H,15-19H2,1-2H3. The van der Waals surface area contributed by atoms with E-state index in [0.717, 1.165) is 38.2 Å². The zero-order valence-electron chi connectivity index (χ0n) is 18.6.